The lowest BCUT2D eigenvalue weighted by atomic mass is 10.0. The van der Waals surface area contributed by atoms with Crippen molar-refractivity contribution in [2.24, 2.45) is 0 Å². The van der Waals surface area contributed by atoms with Gasteiger partial charge in [-0.15, -0.1) is 0 Å². The van der Waals surface area contributed by atoms with Crippen LogP contribution in [0.2, 0.25) is 0 Å². The lowest BCUT2D eigenvalue weighted by Crippen LogP contribution is -2.49. The third-order valence-electron chi connectivity index (χ3n) is 6.20. The Morgan fingerprint density at radius 2 is 1.74 bits per heavy atom. The molecule has 7 heteroatoms. The third-order valence-corrected chi connectivity index (χ3v) is 6.20. The first kappa shape index (κ1) is 24.4. The number of rotatable bonds is 6. The van der Waals surface area contributed by atoms with Crippen LogP contribution in [0, 0.1) is 18.6 Å². The maximum absolute atomic E-state index is 14.2. The summed E-state index contributed by atoms with van der Waals surface area (Å²) in [7, 11) is 0. The van der Waals surface area contributed by atoms with E-state index in [0.29, 0.717) is 43.0 Å². The van der Waals surface area contributed by atoms with E-state index in [9.17, 15) is 18.4 Å². The van der Waals surface area contributed by atoms with Crippen molar-refractivity contribution in [3.05, 3.63) is 94.6 Å². The molecule has 182 valence electrons. The first-order valence-electron chi connectivity index (χ1n) is 11.8. The quantitative estimate of drug-likeness (QED) is 0.442. The molecule has 0 bridgehead atoms. The molecule has 0 aromatic heterocycles. The van der Waals surface area contributed by atoms with E-state index in [2.05, 4.69) is 43.4 Å². The van der Waals surface area contributed by atoms with Gasteiger partial charge in [0.25, 0.3) is 5.91 Å². The second-order valence-electron chi connectivity index (χ2n) is 9.20. The molecule has 3 aromatic carbocycles. The van der Waals surface area contributed by atoms with Gasteiger partial charge in [-0.2, -0.15) is 0 Å². The van der Waals surface area contributed by atoms with Crippen molar-refractivity contribution in [2.75, 3.05) is 23.3 Å². The molecule has 0 aliphatic carbocycles. The monoisotopic (exact) mass is 477 g/mol. The first-order chi connectivity index (χ1) is 16.7. The smallest absolute Gasteiger partial charge is 0.320 e. The van der Waals surface area contributed by atoms with Crippen LogP contribution in [0.5, 0.6) is 0 Å². The molecule has 1 aliphatic rings. The zero-order chi connectivity index (χ0) is 25.1. The molecule has 1 heterocycles. The zero-order valence-corrected chi connectivity index (χ0v) is 20.1. The Morgan fingerprint density at radius 3 is 2.43 bits per heavy atom. The molecule has 1 aliphatic heterocycles. The number of hydrogen-bond acceptors (Lipinski definition) is 2. The number of amides is 3. The number of benzene rings is 3. The molecule has 5 nitrogen and oxygen atoms in total. The van der Waals surface area contributed by atoms with Crippen LogP contribution in [-0.4, -0.2) is 29.9 Å². The second kappa shape index (κ2) is 10.3. The van der Waals surface area contributed by atoms with Crippen LogP contribution in [-0.2, 0) is 6.54 Å². The fourth-order valence-electron chi connectivity index (χ4n) is 4.23. The van der Waals surface area contributed by atoms with Crippen LogP contribution >= 0.6 is 0 Å². The molecular weight excluding hydrogens is 448 g/mol. The number of carbonyl (C=O) groups is 2. The molecule has 1 N–H and O–H groups in total. The summed E-state index contributed by atoms with van der Waals surface area (Å²) < 4.78 is 27.4. The second-order valence-corrected chi connectivity index (χ2v) is 9.20. The van der Waals surface area contributed by atoms with Crippen molar-refractivity contribution >= 4 is 23.3 Å². The molecule has 0 atom stereocenters. The van der Waals surface area contributed by atoms with E-state index >= 15 is 0 Å². The summed E-state index contributed by atoms with van der Waals surface area (Å²) >= 11 is 0. The molecule has 1 fully saturated rings. The highest BCUT2D eigenvalue weighted by Gasteiger charge is 2.29. The Labute approximate surface area is 204 Å². The number of carbonyl (C=O) groups excluding carboxylic acids is 2. The van der Waals surface area contributed by atoms with E-state index in [-0.39, 0.29) is 11.6 Å². The van der Waals surface area contributed by atoms with Gasteiger partial charge < -0.3 is 10.2 Å². The van der Waals surface area contributed by atoms with Crippen LogP contribution in [0.3, 0.4) is 0 Å². The summed E-state index contributed by atoms with van der Waals surface area (Å²) in [5.74, 6) is -1.97. The lowest BCUT2D eigenvalue weighted by Gasteiger charge is -2.36. The molecule has 1 saturated heterocycles. The number of aryl methyl sites for hydroxylation is 1. The van der Waals surface area contributed by atoms with E-state index < -0.39 is 17.5 Å². The maximum atomic E-state index is 14.2. The Bertz CT molecular complexity index is 1240. The van der Waals surface area contributed by atoms with Gasteiger partial charge in [-0.05, 0) is 60.2 Å². The average Bonchev–Trinajstić information content (AvgIpc) is 2.81. The van der Waals surface area contributed by atoms with Crippen molar-refractivity contribution in [1.82, 2.24) is 4.90 Å². The third kappa shape index (κ3) is 5.50. The SMILES string of the molecule is Cc1ccc(N2CCCN(Cc3ccc(C(C)C)cc3)C2=O)c(NC(=O)c2ccc(F)cc2F)c1. The van der Waals surface area contributed by atoms with E-state index in [4.69, 9.17) is 0 Å². The molecule has 0 spiro atoms. The van der Waals surface area contributed by atoms with Gasteiger partial charge in [0.1, 0.15) is 11.6 Å². The number of halogens is 2. The fourth-order valence-corrected chi connectivity index (χ4v) is 4.23. The number of nitrogens with one attached hydrogen (secondary N) is 1. The van der Waals surface area contributed by atoms with E-state index in [0.717, 1.165) is 29.7 Å². The van der Waals surface area contributed by atoms with Crippen LogP contribution in [0.15, 0.2) is 60.7 Å². The van der Waals surface area contributed by atoms with Gasteiger partial charge in [0.05, 0.1) is 16.9 Å². The minimum absolute atomic E-state index is 0.156. The summed E-state index contributed by atoms with van der Waals surface area (Å²) in [4.78, 5) is 29.6. The summed E-state index contributed by atoms with van der Waals surface area (Å²) in [6, 6.07) is 16.3. The van der Waals surface area contributed by atoms with Gasteiger partial charge >= 0.3 is 6.03 Å². The van der Waals surface area contributed by atoms with Crippen LogP contribution < -0.4 is 10.2 Å². The summed E-state index contributed by atoms with van der Waals surface area (Å²) in [5.41, 5.74) is 3.84. The van der Waals surface area contributed by atoms with Crippen molar-refractivity contribution in [3.63, 3.8) is 0 Å². The minimum Gasteiger partial charge on any atom is -0.320 e. The van der Waals surface area contributed by atoms with E-state index in [1.807, 2.05) is 13.0 Å². The maximum Gasteiger partial charge on any atom is 0.324 e. The van der Waals surface area contributed by atoms with Crippen LogP contribution in [0.4, 0.5) is 25.0 Å². The van der Waals surface area contributed by atoms with Crippen LogP contribution in [0.25, 0.3) is 0 Å². The molecule has 35 heavy (non-hydrogen) atoms. The summed E-state index contributed by atoms with van der Waals surface area (Å²) in [5, 5.41) is 2.71. The molecule has 3 aromatic rings. The van der Waals surface area contributed by atoms with Gasteiger partial charge in [-0.3, -0.25) is 9.69 Å². The standard InChI is InChI=1S/C28H29F2N3O2/c1-18(2)21-8-6-20(7-9-21)17-32-13-4-14-33(28(32)35)26-12-5-19(3)15-25(26)31-27(34)23-11-10-22(29)16-24(23)30/h5-12,15-16,18H,4,13-14,17H2,1-3H3,(H,31,34). The lowest BCUT2D eigenvalue weighted by molar-refractivity contribution is 0.102. The normalized spacial score (nSPS) is 13.9. The van der Waals surface area contributed by atoms with Crippen LogP contribution in [0.1, 0.15) is 53.2 Å². The molecule has 0 saturated carbocycles. The largest absolute Gasteiger partial charge is 0.324 e. The van der Waals surface area contributed by atoms with Crippen molar-refractivity contribution < 1.29 is 18.4 Å². The number of anilines is 2. The van der Waals surface area contributed by atoms with Crippen molar-refractivity contribution in [3.8, 4) is 0 Å². The Kier molecular flexibility index (Phi) is 7.15. The Hall–Kier alpha value is -3.74. The Balaban J connectivity index is 1.56. The predicted octanol–water partition coefficient (Wildman–Crippen LogP) is 6.48. The van der Waals surface area contributed by atoms with Gasteiger partial charge in [0.2, 0.25) is 0 Å². The van der Waals surface area contributed by atoms with Gasteiger partial charge in [0, 0.05) is 25.7 Å². The highest BCUT2D eigenvalue weighted by molar-refractivity contribution is 6.07. The average molecular weight is 478 g/mol. The van der Waals surface area contributed by atoms with E-state index in [1.54, 1.807) is 21.9 Å². The first-order valence-corrected chi connectivity index (χ1v) is 11.8. The van der Waals surface area contributed by atoms with Crippen molar-refractivity contribution in [1.29, 1.82) is 0 Å². The number of hydrogen-bond donors (Lipinski definition) is 1. The van der Waals surface area contributed by atoms with Crippen molar-refractivity contribution in [2.45, 2.75) is 39.7 Å². The van der Waals surface area contributed by atoms with Gasteiger partial charge in [-0.1, -0.05) is 44.2 Å². The highest BCUT2D eigenvalue weighted by atomic mass is 19.1. The number of urea groups is 1. The van der Waals surface area contributed by atoms with E-state index in [1.165, 1.54) is 5.56 Å². The zero-order valence-electron chi connectivity index (χ0n) is 20.1. The minimum atomic E-state index is -0.944. The topological polar surface area (TPSA) is 52.6 Å². The Morgan fingerprint density at radius 1 is 1.00 bits per heavy atom. The number of nitrogens with zero attached hydrogens (tertiary/aromatic N) is 2. The summed E-state index contributed by atoms with van der Waals surface area (Å²) in [6.45, 7) is 7.77. The molecule has 0 radical (unpaired) electrons. The molecule has 3 amide bonds. The molecular formula is C28H29F2N3O2. The van der Waals surface area contributed by atoms with Gasteiger partial charge in [-0.25, -0.2) is 13.6 Å². The fraction of sp³-hybridized carbons (Fsp3) is 0.286. The molecule has 4 rings (SSSR count). The predicted molar refractivity (Wildman–Crippen MR) is 134 cm³/mol. The summed E-state index contributed by atoms with van der Waals surface area (Å²) in [6.07, 6.45) is 0.768. The molecule has 0 unspecified atom stereocenters. The highest BCUT2D eigenvalue weighted by Crippen LogP contribution is 2.31. The van der Waals surface area contributed by atoms with Gasteiger partial charge in [0.15, 0.2) is 0 Å².